The quantitative estimate of drug-likeness (QED) is 0.813. The molecule has 1 aliphatic heterocycles. The van der Waals surface area contributed by atoms with Crippen molar-refractivity contribution in [2.75, 3.05) is 11.9 Å². The van der Waals surface area contributed by atoms with Crippen LogP contribution < -0.4 is 10.6 Å². The minimum absolute atomic E-state index is 0.0869. The minimum Gasteiger partial charge on any atom is -0.324 e. The number of anilines is 1. The van der Waals surface area contributed by atoms with E-state index in [1.54, 1.807) is 0 Å². The summed E-state index contributed by atoms with van der Waals surface area (Å²) in [6.45, 7) is 5.70. The second-order valence-electron chi connectivity index (χ2n) is 7.45. The van der Waals surface area contributed by atoms with Crippen LogP contribution in [0.15, 0.2) is 18.2 Å². The van der Waals surface area contributed by atoms with E-state index in [-0.39, 0.29) is 24.3 Å². The van der Waals surface area contributed by atoms with Gasteiger partial charge in [0, 0.05) is 5.69 Å². The summed E-state index contributed by atoms with van der Waals surface area (Å²) in [6, 6.07) is 5.39. The van der Waals surface area contributed by atoms with Gasteiger partial charge in [0.25, 0.3) is 5.91 Å². The fourth-order valence-electron chi connectivity index (χ4n) is 4.16. The van der Waals surface area contributed by atoms with Gasteiger partial charge in [0.05, 0.1) is 0 Å². The Bertz CT molecular complexity index is 746. The van der Waals surface area contributed by atoms with Crippen LogP contribution in [-0.2, 0) is 16.0 Å². The fourth-order valence-corrected chi connectivity index (χ4v) is 4.16. The molecule has 6 nitrogen and oxygen atoms in total. The molecule has 3 rings (SSSR count). The number of imide groups is 1. The number of amides is 4. The lowest BCUT2D eigenvalue weighted by molar-refractivity contribution is -0.136. The van der Waals surface area contributed by atoms with Crippen LogP contribution in [0.3, 0.4) is 0 Å². The lowest BCUT2D eigenvalue weighted by Gasteiger charge is -2.36. The molecule has 140 valence electrons. The third-order valence-electron chi connectivity index (χ3n) is 5.81. The summed E-state index contributed by atoms with van der Waals surface area (Å²) in [7, 11) is 0. The molecule has 0 aromatic heterocycles. The zero-order valence-electron chi connectivity index (χ0n) is 15.7. The average Bonchev–Trinajstić information content (AvgIpc) is 2.84. The van der Waals surface area contributed by atoms with Crippen LogP contribution in [0, 0.1) is 12.8 Å². The fraction of sp³-hybridized carbons (Fsp3) is 0.550. The molecule has 1 aromatic rings. The summed E-state index contributed by atoms with van der Waals surface area (Å²) in [5.74, 6) is -0.521. The highest BCUT2D eigenvalue weighted by atomic mass is 16.2. The van der Waals surface area contributed by atoms with E-state index in [2.05, 4.69) is 10.6 Å². The summed E-state index contributed by atoms with van der Waals surface area (Å²) in [6.07, 6.45) is 4.34. The summed E-state index contributed by atoms with van der Waals surface area (Å²) < 4.78 is 0. The van der Waals surface area contributed by atoms with Crippen LogP contribution >= 0.6 is 0 Å². The first-order chi connectivity index (χ1) is 12.4. The number of carbonyl (C=O) groups is 3. The topological polar surface area (TPSA) is 78.5 Å². The first-order valence-corrected chi connectivity index (χ1v) is 9.41. The Labute approximate surface area is 154 Å². The van der Waals surface area contributed by atoms with E-state index < -0.39 is 11.6 Å². The molecule has 1 aromatic carbocycles. The number of nitrogens with zero attached hydrogens (tertiary/aromatic N) is 1. The van der Waals surface area contributed by atoms with Gasteiger partial charge in [-0.05, 0) is 43.2 Å². The molecule has 4 amide bonds. The first-order valence-electron chi connectivity index (χ1n) is 9.41. The SMILES string of the molecule is CCc1cccc(C)c1NC(=O)CN1C(=O)N[C@@]2(CCCC[C@@H]2C)C1=O. The number of nitrogens with one attached hydrogen (secondary N) is 2. The molecule has 0 bridgehead atoms. The van der Waals surface area contributed by atoms with Crippen molar-refractivity contribution in [3.05, 3.63) is 29.3 Å². The Hall–Kier alpha value is -2.37. The molecule has 2 aliphatic rings. The smallest absolute Gasteiger partial charge is 0.324 e. The maximum absolute atomic E-state index is 12.9. The Kier molecular flexibility index (Phi) is 5.03. The number of benzene rings is 1. The minimum atomic E-state index is -0.827. The van der Waals surface area contributed by atoms with Crippen LogP contribution in [0.2, 0.25) is 0 Å². The number of carbonyl (C=O) groups excluding carboxylic acids is 3. The van der Waals surface area contributed by atoms with Crippen molar-refractivity contribution < 1.29 is 14.4 Å². The predicted molar refractivity (Wildman–Crippen MR) is 99.8 cm³/mol. The lowest BCUT2D eigenvalue weighted by Crippen LogP contribution is -2.54. The monoisotopic (exact) mass is 357 g/mol. The van der Waals surface area contributed by atoms with Gasteiger partial charge in [0.2, 0.25) is 5.91 Å². The molecule has 0 unspecified atom stereocenters. The van der Waals surface area contributed by atoms with E-state index in [1.165, 1.54) is 0 Å². The molecule has 2 fully saturated rings. The highest BCUT2D eigenvalue weighted by molar-refractivity contribution is 6.10. The van der Waals surface area contributed by atoms with Crippen molar-refractivity contribution in [2.24, 2.45) is 5.92 Å². The van der Waals surface area contributed by atoms with Crippen LogP contribution in [0.25, 0.3) is 0 Å². The number of para-hydroxylation sites is 1. The Morgan fingerprint density at radius 1 is 1.35 bits per heavy atom. The summed E-state index contributed by atoms with van der Waals surface area (Å²) in [5, 5.41) is 5.77. The van der Waals surface area contributed by atoms with Crippen molar-refractivity contribution in [1.29, 1.82) is 0 Å². The highest BCUT2D eigenvalue weighted by Crippen LogP contribution is 2.38. The standard InChI is InChI=1S/C20H27N3O3/c1-4-15-10-7-8-13(2)17(15)21-16(24)12-23-18(25)20(22-19(23)26)11-6-5-9-14(20)3/h7-8,10,14H,4-6,9,11-12H2,1-3H3,(H,21,24)(H,22,26)/t14-,20+/m0/s1. The Balaban J connectivity index is 1.74. The second-order valence-corrected chi connectivity index (χ2v) is 7.45. The normalized spacial score (nSPS) is 25.5. The average molecular weight is 357 g/mol. The van der Waals surface area contributed by atoms with Gasteiger partial charge in [-0.15, -0.1) is 0 Å². The molecular formula is C20H27N3O3. The number of hydrogen-bond donors (Lipinski definition) is 2. The van der Waals surface area contributed by atoms with Crippen LogP contribution in [-0.4, -0.2) is 34.8 Å². The van der Waals surface area contributed by atoms with Crippen molar-refractivity contribution in [3.63, 3.8) is 0 Å². The molecule has 26 heavy (non-hydrogen) atoms. The maximum atomic E-state index is 12.9. The molecule has 1 spiro atoms. The highest BCUT2D eigenvalue weighted by Gasteiger charge is 2.55. The Morgan fingerprint density at radius 3 is 2.81 bits per heavy atom. The summed E-state index contributed by atoms with van der Waals surface area (Å²) in [4.78, 5) is 39.0. The van der Waals surface area contributed by atoms with E-state index in [0.29, 0.717) is 6.42 Å². The molecule has 1 saturated carbocycles. The van der Waals surface area contributed by atoms with Crippen molar-refractivity contribution in [1.82, 2.24) is 10.2 Å². The van der Waals surface area contributed by atoms with Gasteiger partial charge < -0.3 is 10.6 Å². The van der Waals surface area contributed by atoms with Crippen molar-refractivity contribution in [2.45, 2.75) is 58.4 Å². The summed E-state index contributed by atoms with van der Waals surface area (Å²) >= 11 is 0. The molecule has 1 saturated heterocycles. The number of hydrogen-bond acceptors (Lipinski definition) is 3. The third kappa shape index (κ3) is 3.08. The molecule has 0 radical (unpaired) electrons. The van der Waals surface area contributed by atoms with Gasteiger partial charge in [-0.1, -0.05) is 44.9 Å². The van der Waals surface area contributed by atoms with E-state index in [1.807, 2.05) is 39.0 Å². The maximum Gasteiger partial charge on any atom is 0.325 e. The van der Waals surface area contributed by atoms with Crippen LogP contribution in [0.1, 0.15) is 50.7 Å². The zero-order chi connectivity index (χ0) is 18.9. The van der Waals surface area contributed by atoms with Gasteiger partial charge in [-0.25, -0.2) is 4.79 Å². The molecule has 2 N–H and O–H groups in total. The number of rotatable bonds is 4. The van der Waals surface area contributed by atoms with Crippen molar-refractivity contribution >= 4 is 23.5 Å². The van der Waals surface area contributed by atoms with Crippen molar-refractivity contribution in [3.8, 4) is 0 Å². The van der Waals surface area contributed by atoms with E-state index >= 15 is 0 Å². The van der Waals surface area contributed by atoms with Gasteiger partial charge >= 0.3 is 6.03 Å². The van der Waals surface area contributed by atoms with E-state index in [9.17, 15) is 14.4 Å². The predicted octanol–water partition coefficient (Wildman–Crippen LogP) is 3.00. The number of aryl methyl sites for hydroxylation is 2. The van der Waals surface area contributed by atoms with E-state index in [4.69, 9.17) is 0 Å². The molecule has 2 atom stereocenters. The van der Waals surface area contributed by atoms with Gasteiger partial charge in [-0.3, -0.25) is 14.5 Å². The molecular weight excluding hydrogens is 330 g/mol. The Morgan fingerprint density at radius 2 is 2.12 bits per heavy atom. The van der Waals surface area contributed by atoms with Crippen LogP contribution in [0.5, 0.6) is 0 Å². The summed E-state index contributed by atoms with van der Waals surface area (Å²) in [5.41, 5.74) is 1.94. The van der Waals surface area contributed by atoms with Gasteiger partial charge in [-0.2, -0.15) is 0 Å². The second kappa shape index (κ2) is 7.09. The number of urea groups is 1. The lowest BCUT2D eigenvalue weighted by atomic mass is 9.73. The van der Waals surface area contributed by atoms with Crippen LogP contribution in [0.4, 0.5) is 10.5 Å². The molecule has 1 aliphatic carbocycles. The van der Waals surface area contributed by atoms with E-state index in [0.717, 1.165) is 47.4 Å². The molecule has 1 heterocycles. The zero-order valence-corrected chi connectivity index (χ0v) is 15.7. The first kappa shape index (κ1) is 18.4. The van der Waals surface area contributed by atoms with Gasteiger partial charge in [0.1, 0.15) is 12.1 Å². The largest absolute Gasteiger partial charge is 0.325 e. The third-order valence-corrected chi connectivity index (χ3v) is 5.81. The molecule has 6 heteroatoms. The van der Waals surface area contributed by atoms with Gasteiger partial charge in [0.15, 0.2) is 0 Å².